The molecule has 0 amide bonds. The van der Waals surface area contributed by atoms with Gasteiger partial charge in [0.2, 0.25) is 0 Å². The Labute approximate surface area is 103 Å². The summed E-state index contributed by atoms with van der Waals surface area (Å²) in [4.78, 5) is 11.9. The lowest BCUT2D eigenvalue weighted by atomic mass is 9.97. The molecule has 3 nitrogen and oxygen atoms in total. The Bertz CT molecular complexity index is 235. The summed E-state index contributed by atoms with van der Waals surface area (Å²) in [7, 11) is 1.48. The summed E-state index contributed by atoms with van der Waals surface area (Å²) in [6, 6.07) is 0. The van der Waals surface area contributed by atoms with Crippen molar-refractivity contribution in [3.63, 3.8) is 0 Å². The Morgan fingerprint density at radius 3 is 2.88 bits per heavy atom. The van der Waals surface area contributed by atoms with Gasteiger partial charge in [0, 0.05) is 5.25 Å². The monoisotopic (exact) mass is 245 g/mol. The quantitative estimate of drug-likeness (QED) is 0.728. The fourth-order valence-corrected chi connectivity index (χ4v) is 3.51. The fraction of sp³-hybridized carbons (Fsp3) is 0.917. The number of esters is 1. The van der Waals surface area contributed by atoms with Gasteiger partial charge in [0.1, 0.15) is 5.54 Å². The predicted octanol–water partition coefficient (Wildman–Crippen LogP) is 2.20. The number of ether oxygens (including phenoxy) is 1. The van der Waals surface area contributed by atoms with Gasteiger partial charge in [-0.2, -0.15) is 11.8 Å². The number of rotatable bonds is 6. The molecule has 1 fully saturated rings. The molecule has 2 unspecified atom stereocenters. The van der Waals surface area contributed by atoms with Crippen LogP contribution < -0.4 is 5.32 Å². The molecule has 2 atom stereocenters. The third kappa shape index (κ3) is 3.14. The van der Waals surface area contributed by atoms with Gasteiger partial charge in [0.15, 0.2) is 0 Å². The van der Waals surface area contributed by atoms with Crippen LogP contribution in [0.5, 0.6) is 0 Å². The van der Waals surface area contributed by atoms with Gasteiger partial charge in [-0.1, -0.05) is 13.8 Å². The standard InChI is InChI=1S/C12H23NO2S/c1-4-8-13-12(11(14)15-3)7-6-10(9-12)16-5-2/h10,13H,4-9H2,1-3H3. The largest absolute Gasteiger partial charge is 0.468 e. The smallest absolute Gasteiger partial charge is 0.326 e. The Balaban J connectivity index is 2.62. The third-order valence-electron chi connectivity index (χ3n) is 3.16. The van der Waals surface area contributed by atoms with E-state index in [4.69, 9.17) is 4.74 Å². The summed E-state index contributed by atoms with van der Waals surface area (Å²) in [5.41, 5.74) is -0.405. The molecule has 0 heterocycles. The summed E-state index contributed by atoms with van der Waals surface area (Å²) >= 11 is 1.95. The zero-order chi connectivity index (χ0) is 12.0. The predicted molar refractivity (Wildman–Crippen MR) is 68.8 cm³/mol. The lowest BCUT2D eigenvalue weighted by molar-refractivity contribution is -0.148. The topological polar surface area (TPSA) is 38.3 Å². The highest BCUT2D eigenvalue weighted by Crippen LogP contribution is 2.37. The van der Waals surface area contributed by atoms with Crippen LogP contribution in [0.3, 0.4) is 0 Å². The van der Waals surface area contributed by atoms with Crippen LogP contribution in [0, 0.1) is 0 Å². The maximum Gasteiger partial charge on any atom is 0.326 e. The number of carbonyl (C=O) groups excluding carboxylic acids is 1. The van der Waals surface area contributed by atoms with E-state index >= 15 is 0 Å². The molecule has 0 aromatic carbocycles. The molecule has 16 heavy (non-hydrogen) atoms. The molecule has 1 rings (SSSR count). The van der Waals surface area contributed by atoms with E-state index in [0.29, 0.717) is 5.25 Å². The minimum Gasteiger partial charge on any atom is -0.468 e. The third-order valence-corrected chi connectivity index (χ3v) is 4.37. The first-order valence-corrected chi connectivity index (χ1v) is 7.18. The Morgan fingerprint density at radius 1 is 1.56 bits per heavy atom. The highest BCUT2D eigenvalue weighted by atomic mass is 32.2. The van der Waals surface area contributed by atoms with E-state index in [1.807, 2.05) is 11.8 Å². The van der Waals surface area contributed by atoms with E-state index in [1.165, 1.54) is 7.11 Å². The summed E-state index contributed by atoms with van der Waals surface area (Å²) in [6.07, 6.45) is 3.99. The molecule has 0 saturated heterocycles. The van der Waals surface area contributed by atoms with E-state index in [-0.39, 0.29) is 5.97 Å². The molecule has 1 saturated carbocycles. The Hall–Kier alpha value is -0.220. The van der Waals surface area contributed by atoms with Crippen molar-refractivity contribution in [1.29, 1.82) is 0 Å². The maximum absolute atomic E-state index is 11.9. The van der Waals surface area contributed by atoms with Crippen molar-refractivity contribution in [2.75, 3.05) is 19.4 Å². The van der Waals surface area contributed by atoms with Crippen molar-refractivity contribution in [1.82, 2.24) is 5.32 Å². The fourth-order valence-electron chi connectivity index (χ4n) is 2.36. The number of hydrogen-bond acceptors (Lipinski definition) is 4. The summed E-state index contributed by atoms with van der Waals surface area (Å²) in [6.45, 7) is 5.17. The van der Waals surface area contributed by atoms with Gasteiger partial charge in [-0.25, -0.2) is 0 Å². The van der Waals surface area contributed by atoms with E-state index < -0.39 is 5.54 Å². The number of carbonyl (C=O) groups is 1. The molecular weight excluding hydrogens is 222 g/mol. The molecule has 1 N–H and O–H groups in total. The van der Waals surface area contributed by atoms with Gasteiger partial charge in [-0.15, -0.1) is 0 Å². The average molecular weight is 245 g/mol. The molecule has 1 aliphatic carbocycles. The lowest BCUT2D eigenvalue weighted by Gasteiger charge is -2.27. The van der Waals surface area contributed by atoms with Crippen molar-refractivity contribution in [2.45, 2.75) is 50.3 Å². The maximum atomic E-state index is 11.9. The highest BCUT2D eigenvalue weighted by molar-refractivity contribution is 7.99. The highest BCUT2D eigenvalue weighted by Gasteiger charge is 2.45. The first kappa shape index (κ1) is 13.8. The first-order valence-electron chi connectivity index (χ1n) is 6.13. The van der Waals surface area contributed by atoms with Crippen LogP contribution in [0.2, 0.25) is 0 Å². The normalized spacial score (nSPS) is 29.3. The second-order valence-corrected chi connectivity index (χ2v) is 5.90. The molecule has 94 valence electrons. The van der Waals surface area contributed by atoms with Crippen molar-refractivity contribution < 1.29 is 9.53 Å². The van der Waals surface area contributed by atoms with E-state index in [9.17, 15) is 4.79 Å². The minimum absolute atomic E-state index is 0.0832. The second kappa shape index (κ2) is 6.50. The van der Waals surface area contributed by atoms with Gasteiger partial charge in [0.25, 0.3) is 0 Å². The molecule has 0 bridgehead atoms. The molecule has 4 heteroatoms. The van der Waals surface area contributed by atoms with Crippen LogP contribution in [-0.2, 0) is 9.53 Å². The van der Waals surface area contributed by atoms with Crippen LogP contribution in [0.25, 0.3) is 0 Å². The molecule has 0 spiro atoms. The number of thioether (sulfide) groups is 1. The van der Waals surface area contributed by atoms with Crippen LogP contribution in [0.1, 0.15) is 39.5 Å². The van der Waals surface area contributed by atoms with Gasteiger partial charge in [-0.05, 0) is 38.0 Å². The van der Waals surface area contributed by atoms with E-state index in [0.717, 1.165) is 38.0 Å². The van der Waals surface area contributed by atoms with Gasteiger partial charge < -0.3 is 10.1 Å². The summed E-state index contributed by atoms with van der Waals surface area (Å²) in [5, 5.41) is 4.00. The van der Waals surface area contributed by atoms with Crippen molar-refractivity contribution >= 4 is 17.7 Å². The zero-order valence-corrected chi connectivity index (χ0v) is 11.4. The number of methoxy groups -OCH3 is 1. The van der Waals surface area contributed by atoms with Gasteiger partial charge in [0.05, 0.1) is 7.11 Å². The van der Waals surface area contributed by atoms with Gasteiger partial charge >= 0.3 is 5.97 Å². The summed E-state index contributed by atoms with van der Waals surface area (Å²) < 4.78 is 4.95. The van der Waals surface area contributed by atoms with Crippen molar-refractivity contribution in [3.05, 3.63) is 0 Å². The molecule has 0 aliphatic heterocycles. The van der Waals surface area contributed by atoms with Crippen LogP contribution >= 0.6 is 11.8 Å². The molecular formula is C12H23NO2S. The minimum atomic E-state index is -0.405. The Kier molecular flexibility index (Phi) is 5.62. The molecule has 0 aromatic heterocycles. The van der Waals surface area contributed by atoms with Crippen molar-refractivity contribution in [3.8, 4) is 0 Å². The lowest BCUT2D eigenvalue weighted by Crippen LogP contribution is -2.51. The molecule has 1 aliphatic rings. The van der Waals surface area contributed by atoms with Crippen LogP contribution in [0.4, 0.5) is 0 Å². The number of hydrogen-bond donors (Lipinski definition) is 1. The van der Waals surface area contributed by atoms with E-state index in [1.54, 1.807) is 0 Å². The molecule has 0 aromatic rings. The zero-order valence-electron chi connectivity index (χ0n) is 10.5. The van der Waals surface area contributed by atoms with Gasteiger partial charge in [-0.3, -0.25) is 4.79 Å². The second-order valence-electron chi connectivity index (χ2n) is 4.32. The van der Waals surface area contributed by atoms with Crippen molar-refractivity contribution in [2.24, 2.45) is 0 Å². The number of nitrogens with one attached hydrogen (secondary N) is 1. The van der Waals surface area contributed by atoms with E-state index in [2.05, 4.69) is 19.2 Å². The average Bonchev–Trinajstić information content (AvgIpc) is 2.71. The SMILES string of the molecule is CCCNC1(C(=O)OC)CCC(SCC)C1. The van der Waals surface area contributed by atoms with Crippen LogP contribution in [0.15, 0.2) is 0 Å². The molecule has 0 radical (unpaired) electrons. The summed E-state index contributed by atoms with van der Waals surface area (Å²) in [5.74, 6) is 1.04. The first-order chi connectivity index (χ1) is 7.68. The Morgan fingerprint density at radius 2 is 2.31 bits per heavy atom. The van der Waals surface area contributed by atoms with Crippen LogP contribution in [-0.4, -0.2) is 36.2 Å².